The number of rotatable bonds is 5. The zero-order valence-corrected chi connectivity index (χ0v) is 13.2. The van der Waals surface area contributed by atoms with Gasteiger partial charge in [-0.25, -0.2) is 0 Å². The highest BCUT2D eigenvalue weighted by molar-refractivity contribution is 8.36. The molecular formula is C16H22O3S. The standard InChI is InChI=1S/C16H22O3S/c1-14(10-17-14)20(15(2)11-18-15,16(3)12-19-16)9-13-7-5-4-6-8-13/h4-8H,9-12H2,1-3H3. The third kappa shape index (κ3) is 1.59. The Bertz CT molecular complexity index is 484. The first-order valence-corrected chi connectivity index (χ1v) is 9.01. The van der Waals surface area contributed by atoms with E-state index in [-0.39, 0.29) is 14.8 Å². The molecule has 3 atom stereocenters. The van der Waals surface area contributed by atoms with Gasteiger partial charge in [-0.3, -0.25) is 0 Å². The van der Waals surface area contributed by atoms with Crippen LogP contribution in [0.3, 0.4) is 0 Å². The van der Waals surface area contributed by atoms with E-state index in [1.807, 2.05) is 0 Å². The van der Waals surface area contributed by atoms with Crippen LogP contribution in [0.15, 0.2) is 30.3 Å². The molecule has 3 unspecified atom stereocenters. The minimum absolute atomic E-state index is 0.0562. The van der Waals surface area contributed by atoms with Gasteiger partial charge in [-0.2, -0.15) is 0 Å². The summed E-state index contributed by atoms with van der Waals surface area (Å²) in [4.78, 5) is -0.169. The van der Waals surface area contributed by atoms with Gasteiger partial charge >= 0.3 is 0 Å². The Morgan fingerprint density at radius 2 is 1.25 bits per heavy atom. The molecule has 0 amide bonds. The van der Waals surface area contributed by atoms with Gasteiger partial charge < -0.3 is 14.2 Å². The van der Waals surface area contributed by atoms with Crippen LogP contribution in [0.5, 0.6) is 0 Å². The van der Waals surface area contributed by atoms with E-state index < -0.39 is 10.0 Å². The van der Waals surface area contributed by atoms with Gasteiger partial charge in [-0.15, -0.1) is 10.0 Å². The lowest BCUT2D eigenvalue weighted by Crippen LogP contribution is -2.40. The number of hydrogen-bond donors (Lipinski definition) is 0. The molecule has 0 bridgehead atoms. The van der Waals surface area contributed by atoms with Crippen LogP contribution in [0.1, 0.15) is 26.3 Å². The van der Waals surface area contributed by atoms with E-state index in [1.165, 1.54) is 5.56 Å². The van der Waals surface area contributed by atoms with Crippen LogP contribution in [-0.2, 0) is 20.0 Å². The van der Waals surface area contributed by atoms with Gasteiger partial charge in [0, 0.05) is 5.75 Å². The van der Waals surface area contributed by atoms with Crippen molar-refractivity contribution in [1.29, 1.82) is 0 Å². The molecule has 3 fully saturated rings. The Morgan fingerprint density at radius 3 is 1.60 bits per heavy atom. The van der Waals surface area contributed by atoms with Crippen molar-refractivity contribution in [3.8, 4) is 0 Å². The highest BCUT2D eigenvalue weighted by Gasteiger charge is 2.77. The molecule has 0 aromatic heterocycles. The predicted octanol–water partition coefficient (Wildman–Crippen LogP) is 3.23. The summed E-state index contributed by atoms with van der Waals surface area (Å²) < 4.78 is 17.8. The van der Waals surface area contributed by atoms with Gasteiger partial charge in [0.2, 0.25) is 0 Å². The van der Waals surface area contributed by atoms with Crippen molar-refractivity contribution in [1.82, 2.24) is 0 Å². The van der Waals surface area contributed by atoms with Crippen molar-refractivity contribution in [3.05, 3.63) is 35.9 Å². The average Bonchev–Trinajstić information content (AvgIpc) is 3.32. The Kier molecular flexibility index (Phi) is 2.50. The summed E-state index contributed by atoms with van der Waals surface area (Å²) in [7, 11) is -1.23. The molecule has 3 heterocycles. The molecular weight excluding hydrogens is 272 g/mol. The van der Waals surface area contributed by atoms with Crippen LogP contribution in [0.25, 0.3) is 0 Å². The first-order valence-electron chi connectivity index (χ1n) is 7.20. The highest BCUT2D eigenvalue weighted by atomic mass is 32.3. The molecule has 1 aromatic carbocycles. The van der Waals surface area contributed by atoms with Crippen LogP contribution >= 0.6 is 10.0 Å². The predicted molar refractivity (Wildman–Crippen MR) is 80.8 cm³/mol. The summed E-state index contributed by atoms with van der Waals surface area (Å²) >= 11 is 0. The largest absolute Gasteiger partial charge is 0.360 e. The fourth-order valence-corrected chi connectivity index (χ4v) is 9.29. The van der Waals surface area contributed by atoms with Crippen molar-refractivity contribution in [2.75, 3.05) is 19.8 Å². The van der Waals surface area contributed by atoms with Crippen molar-refractivity contribution in [3.63, 3.8) is 0 Å². The SMILES string of the molecule is CC1(S(Cc2ccccc2)(C2(C)CO2)C2(C)CO2)CO1. The maximum atomic E-state index is 5.94. The minimum Gasteiger partial charge on any atom is -0.360 e. The molecule has 3 aliphatic rings. The van der Waals surface area contributed by atoms with Crippen LogP contribution in [0, 0.1) is 0 Å². The summed E-state index contributed by atoms with van der Waals surface area (Å²) in [5, 5.41) is 0. The molecule has 0 spiro atoms. The maximum Gasteiger partial charge on any atom is 0.124 e. The summed E-state index contributed by atoms with van der Waals surface area (Å²) in [5.74, 6) is 1.03. The van der Waals surface area contributed by atoms with Crippen LogP contribution in [0.2, 0.25) is 0 Å². The van der Waals surface area contributed by atoms with Crippen molar-refractivity contribution >= 4 is 10.0 Å². The Morgan fingerprint density at radius 1 is 0.850 bits per heavy atom. The number of hydrogen-bond acceptors (Lipinski definition) is 3. The van der Waals surface area contributed by atoms with E-state index in [4.69, 9.17) is 14.2 Å². The molecule has 4 rings (SSSR count). The van der Waals surface area contributed by atoms with Crippen molar-refractivity contribution in [2.45, 2.75) is 41.3 Å². The summed E-state index contributed by atoms with van der Waals surface area (Å²) in [6.45, 7) is 9.29. The summed E-state index contributed by atoms with van der Waals surface area (Å²) in [5.41, 5.74) is 1.37. The van der Waals surface area contributed by atoms with E-state index in [2.05, 4.69) is 51.1 Å². The minimum atomic E-state index is -1.23. The van der Waals surface area contributed by atoms with Crippen LogP contribution in [-0.4, -0.2) is 34.6 Å². The second-order valence-electron chi connectivity index (χ2n) is 6.64. The van der Waals surface area contributed by atoms with Gasteiger partial charge in [0.15, 0.2) is 0 Å². The monoisotopic (exact) mass is 294 g/mol. The quantitative estimate of drug-likeness (QED) is 0.782. The molecule has 0 radical (unpaired) electrons. The third-order valence-corrected chi connectivity index (χ3v) is 11.0. The summed E-state index contributed by atoms with van der Waals surface area (Å²) in [6, 6.07) is 10.7. The molecule has 110 valence electrons. The topological polar surface area (TPSA) is 37.6 Å². The maximum absolute atomic E-state index is 5.94. The molecule has 1 aromatic rings. The van der Waals surface area contributed by atoms with E-state index in [9.17, 15) is 0 Å². The molecule has 3 aliphatic heterocycles. The Labute approximate surface area is 121 Å². The molecule has 3 saturated heterocycles. The first kappa shape index (κ1) is 13.1. The van der Waals surface area contributed by atoms with E-state index in [0.29, 0.717) is 0 Å². The zero-order valence-electron chi connectivity index (χ0n) is 12.3. The normalized spacial score (nSPS) is 46.4. The Balaban J connectivity index is 1.80. The van der Waals surface area contributed by atoms with E-state index in [0.717, 1.165) is 25.6 Å². The zero-order chi connectivity index (χ0) is 14.1. The first-order chi connectivity index (χ1) is 9.45. The van der Waals surface area contributed by atoms with Gasteiger partial charge in [0.05, 0.1) is 19.8 Å². The van der Waals surface area contributed by atoms with Crippen LogP contribution in [0.4, 0.5) is 0 Å². The van der Waals surface area contributed by atoms with Gasteiger partial charge in [0.25, 0.3) is 0 Å². The molecule has 0 saturated carbocycles. The van der Waals surface area contributed by atoms with Crippen molar-refractivity contribution < 1.29 is 14.2 Å². The number of benzene rings is 1. The molecule has 3 nitrogen and oxygen atoms in total. The smallest absolute Gasteiger partial charge is 0.124 e. The second kappa shape index (κ2) is 3.80. The fraction of sp³-hybridized carbons (Fsp3) is 0.625. The van der Waals surface area contributed by atoms with E-state index >= 15 is 0 Å². The molecule has 20 heavy (non-hydrogen) atoms. The van der Waals surface area contributed by atoms with Gasteiger partial charge in [0.1, 0.15) is 14.8 Å². The van der Waals surface area contributed by atoms with Gasteiger partial charge in [-0.1, -0.05) is 30.3 Å². The number of ether oxygens (including phenoxy) is 3. The second-order valence-corrected chi connectivity index (χ2v) is 11.0. The van der Waals surface area contributed by atoms with Gasteiger partial charge in [-0.05, 0) is 26.3 Å². The molecule has 4 heteroatoms. The Hall–Kier alpha value is -0.550. The molecule has 0 aliphatic carbocycles. The number of epoxide rings is 3. The fourth-order valence-electron chi connectivity index (χ4n) is 3.56. The van der Waals surface area contributed by atoms with E-state index in [1.54, 1.807) is 0 Å². The lowest BCUT2D eigenvalue weighted by molar-refractivity contribution is 0.347. The highest BCUT2D eigenvalue weighted by Crippen LogP contribution is 2.86. The lowest BCUT2D eigenvalue weighted by atomic mass is 10.2. The lowest BCUT2D eigenvalue weighted by Gasteiger charge is -2.50. The summed E-state index contributed by atoms with van der Waals surface area (Å²) in [6.07, 6.45) is 0. The third-order valence-electron chi connectivity index (χ3n) is 5.09. The van der Waals surface area contributed by atoms with Crippen LogP contribution < -0.4 is 0 Å². The average molecular weight is 294 g/mol. The van der Waals surface area contributed by atoms with Crippen molar-refractivity contribution in [2.24, 2.45) is 0 Å². The molecule has 0 N–H and O–H groups in total.